The van der Waals surface area contributed by atoms with Crippen LogP contribution >= 0.6 is 0 Å². The molecule has 0 rings (SSSR count). The lowest BCUT2D eigenvalue weighted by Crippen LogP contribution is -2.59. The molecule has 100 valence electrons. The van der Waals surface area contributed by atoms with Crippen LogP contribution in [0.1, 0.15) is 47.5 Å². The van der Waals surface area contributed by atoms with Gasteiger partial charge in [0.15, 0.2) is 0 Å². The summed E-state index contributed by atoms with van der Waals surface area (Å²) in [4.78, 5) is 23.1. The third-order valence-electron chi connectivity index (χ3n) is 3.10. The van der Waals surface area contributed by atoms with Crippen molar-refractivity contribution in [2.24, 2.45) is 11.1 Å². The SMILES string of the molecule is CCC(N)(CC)C(=O)NC(C(=O)O)C(C)(C)C. The minimum Gasteiger partial charge on any atom is -0.480 e. The highest BCUT2D eigenvalue weighted by Gasteiger charge is 2.37. The van der Waals surface area contributed by atoms with Crippen LogP contribution < -0.4 is 11.1 Å². The molecular weight excluding hydrogens is 220 g/mol. The number of carbonyl (C=O) groups excluding carboxylic acids is 1. The Morgan fingerprint density at radius 2 is 1.65 bits per heavy atom. The molecule has 0 fully saturated rings. The summed E-state index contributed by atoms with van der Waals surface area (Å²) < 4.78 is 0. The van der Waals surface area contributed by atoms with Crippen molar-refractivity contribution >= 4 is 11.9 Å². The van der Waals surface area contributed by atoms with Crippen LogP contribution in [0.4, 0.5) is 0 Å². The summed E-state index contributed by atoms with van der Waals surface area (Å²) in [6.07, 6.45) is 0.956. The molecule has 0 saturated carbocycles. The van der Waals surface area contributed by atoms with Crippen LogP contribution in [0.3, 0.4) is 0 Å². The van der Waals surface area contributed by atoms with Crippen LogP contribution in [0.25, 0.3) is 0 Å². The first-order valence-corrected chi connectivity index (χ1v) is 5.91. The molecule has 0 aromatic rings. The molecule has 0 bridgehead atoms. The maximum Gasteiger partial charge on any atom is 0.326 e. The smallest absolute Gasteiger partial charge is 0.326 e. The molecule has 0 radical (unpaired) electrons. The maximum atomic E-state index is 12.0. The first kappa shape index (κ1) is 15.9. The Morgan fingerprint density at radius 3 is 1.88 bits per heavy atom. The minimum absolute atomic E-state index is 0.398. The van der Waals surface area contributed by atoms with Crippen molar-refractivity contribution in [3.63, 3.8) is 0 Å². The van der Waals surface area contributed by atoms with E-state index in [1.54, 1.807) is 20.8 Å². The average molecular weight is 244 g/mol. The van der Waals surface area contributed by atoms with Crippen LogP contribution in [0, 0.1) is 5.41 Å². The van der Waals surface area contributed by atoms with Gasteiger partial charge in [0.1, 0.15) is 6.04 Å². The van der Waals surface area contributed by atoms with E-state index < -0.39 is 28.9 Å². The lowest BCUT2D eigenvalue weighted by Gasteiger charge is -2.32. The molecule has 0 aromatic carbocycles. The van der Waals surface area contributed by atoms with Crippen LogP contribution in [-0.2, 0) is 9.59 Å². The van der Waals surface area contributed by atoms with Crippen molar-refractivity contribution in [2.45, 2.75) is 59.0 Å². The quantitative estimate of drug-likeness (QED) is 0.675. The summed E-state index contributed by atoms with van der Waals surface area (Å²) in [6, 6.07) is -0.934. The Morgan fingerprint density at radius 1 is 1.24 bits per heavy atom. The normalized spacial score (nSPS) is 14.2. The molecule has 1 amide bonds. The van der Waals surface area contributed by atoms with E-state index in [0.29, 0.717) is 12.8 Å². The van der Waals surface area contributed by atoms with E-state index >= 15 is 0 Å². The van der Waals surface area contributed by atoms with Crippen molar-refractivity contribution in [3.8, 4) is 0 Å². The first-order valence-electron chi connectivity index (χ1n) is 5.91. The predicted octanol–water partition coefficient (Wildman–Crippen LogP) is 1.12. The summed E-state index contributed by atoms with van der Waals surface area (Å²) in [5.74, 6) is -1.44. The number of amides is 1. The first-order chi connectivity index (χ1) is 7.58. The largest absolute Gasteiger partial charge is 0.480 e. The van der Waals surface area contributed by atoms with Crippen LogP contribution in [0.5, 0.6) is 0 Å². The number of aliphatic carboxylic acids is 1. The second kappa shape index (κ2) is 5.49. The van der Waals surface area contributed by atoms with Crippen LogP contribution in [0.15, 0.2) is 0 Å². The maximum absolute atomic E-state index is 12.0. The molecule has 1 unspecified atom stereocenters. The number of carboxylic acids is 1. The van der Waals surface area contributed by atoms with Gasteiger partial charge in [0, 0.05) is 0 Å². The second-order valence-corrected chi connectivity index (χ2v) is 5.47. The van der Waals surface area contributed by atoms with Crippen molar-refractivity contribution in [3.05, 3.63) is 0 Å². The Balaban J connectivity index is 4.92. The average Bonchev–Trinajstić information content (AvgIpc) is 2.22. The van der Waals surface area contributed by atoms with Crippen LogP contribution in [0.2, 0.25) is 0 Å². The molecule has 5 nitrogen and oxygen atoms in total. The lowest BCUT2D eigenvalue weighted by molar-refractivity contribution is -0.146. The minimum atomic E-state index is -1.04. The fourth-order valence-electron chi connectivity index (χ4n) is 1.49. The molecule has 5 heteroatoms. The lowest BCUT2D eigenvalue weighted by atomic mass is 9.85. The highest BCUT2D eigenvalue weighted by molar-refractivity contribution is 5.90. The second-order valence-electron chi connectivity index (χ2n) is 5.47. The molecule has 0 aliphatic heterocycles. The topological polar surface area (TPSA) is 92.4 Å². The van der Waals surface area contributed by atoms with Gasteiger partial charge in [0.2, 0.25) is 5.91 Å². The molecule has 1 atom stereocenters. The highest BCUT2D eigenvalue weighted by atomic mass is 16.4. The van der Waals surface area contributed by atoms with Gasteiger partial charge in [0.25, 0.3) is 0 Å². The van der Waals surface area contributed by atoms with E-state index in [1.807, 2.05) is 13.8 Å². The number of carboxylic acid groups (broad SMARTS) is 1. The van der Waals surface area contributed by atoms with Gasteiger partial charge in [-0.2, -0.15) is 0 Å². The van der Waals surface area contributed by atoms with Gasteiger partial charge >= 0.3 is 5.97 Å². The molecule has 0 spiro atoms. The summed E-state index contributed by atoms with van der Waals surface area (Å²) in [5.41, 5.74) is 4.39. The van der Waals surface area contributed by atoms with E-state index in [2.05, 4.69) is 5.32 Å². The Labute approximate surface area is 103 Å². The predicted molar refractivity (Wildman–Crippen MR) is 66.5 cm³/mol. The van der Waals surface area contributed by atoms with Gasteiger partial charge in [-0.25, -0.2) is 4.79 Å². The Bertz CT molecular complexity index is 291. The third-order valence-corrected chi connectivity index (χ3v) is 3.10. The Kier molecular flexibility index (Phi) is 5.13. The van der Waals surface area contributed by atoms with E-state index in [9.17, 15) is 9.59 Å². The van der Waals surface area contributed by atoms with Gasteiger partial charge in [-0.1, -0.05) is 34.6 Å². The molecule has 0 aromatic heterocycles. The van der Waals surface area contributed by atoms with Crippen molar-refractivity contribution in [1.29, 1.82) is 0 Å². The monoisotopic (exact) mass is 244 g/mol. The van der Waals surface area contributed by atoms with E-state index in [1.165, 1.54) is 0 Å². The number of hydrogen-bond donors (Lipinski definition) is 3. The zero-order chi connectivity index (χ0) is 13.9. The van der Waals surface area contributed by atoms with Gasteiger partial charge < -0.3 is 16.2 Å². The fourth-order valence-corrected chi connectivity index (χ4v) is 1.49. The highest BCUT2D eigenvalue weighted by Crippen LogP contribution is 2.21. The van der Waals surface area contributed by atoms with E-state index in [-0.39, 0.29) is 0 Å². The van der Waals surface area contributed by atoms with Crippen molar-refractivity contribution < 1.29 is 14.7 Å². The summed E-state index contributed by atoms with van der Waals surface area (Å²) in [5, 5.41) is 11.6. The third kappa shape index (κ3) is 4.00. The van der Waals surface area contributed by atoms with Crippen LogP contribution in [-0.4, -0.2) is 28.6 Å². The zero-order valence-corrected chi connectivity index (χ0v) is 11.3. The Hall–Kier alpha value is -1.10. The molecule has 0 heterocycles. The standard InChI is InChI=1S/C12H24N2O3/c1-6-12(13,7-2)10(17)14-8(9(15)16)11(3,4)5/h8H,6-7,13H2,1-5H3,(H,14,17)(H,15,16). The molecule has 17 heavy (non-hydrogen) atoms. The number of carbonyl (C=O) groups is 2. The molecular formula is C12H24N2O3. The summed E-state index contributed by atoms with van der Waals surface area (Å²) in [6.45, 7) is 8.93. The van der Waals surface area contributed by atoms with Crippen molar-refractivity contribution in [1.82, 2.24) is 5.32 Å². The molecule has 4 N–H and O–H groups in total. The van der Waals surface area contributed by atoms with Crippen molar-refractivity contribution in [2.75, 3.05) is 0 Å². The van der Waals surface area contributed by atoms with Gasteiger partial charge in [-0.15, -0.1) is 0 Å². The fraction of sp³-hybridized carbons (Fsp3) is 0.833. The van der Waals surface area contributed by atoms with Gasteiger partial charge in [-0.05, 0) is 18.3 Å². The summed E-state index contributed by atoms with van der Waals surface area (Å²) in [7, 11) is 0. The number of nitrogens with one attached hydrogen (secondary N) is 1. The summed E-state index contributed by atoms with van der Waals surface area (Å²) >= 11 is 0. The zero-order valence-electron chi connectivity index (χ0n) is 11.3. The number of hydrogen-bond acceptors (Lipinski definition) is 3. The number of rotatable bonds is 5. The van der Waals surface area contributed by atoms with E-state index in [4.69, 9.17) is 10.8 Å². The molecule has 0 saturated heterocycles. The van der Waals surface area contributed by atoms with Gasteiger partial charge in [-0.3, -0.25) is 4.79 Å². The number of nitrogens with two attached hydrogens (primary N) is 1. The molecule has 0 aliphatic rings. The molecule has 0 aliphatic carbocycles. The van der Waals surface area contributed by atoms with E-state index in [0.717, 1.165) is 0 Å². The van der Waals surface area contributed by atoms with Gasteiger partial charge in [0.05, 0.1) is 5.54 Å².